The number of rotatable bonds is 3. The molecule has 4 nitrogen and oxygen atoms in total. The van der Waals surface area contributed by atoms with Gasteiger partial charge in [-0.2, -0.15) is 0 Å². The van der Waals surface area contributed by atoms with Crippen LogP contribution in [0.15, 0.2) is 60.7 Å². The summed E-state index contributed by atoms with van der Waals surface area (Å²) in [6, 6.07) is 18.9. The molecule has 3 aromatic rings. The molecular formula is C16H13N3OS. The van der Waals surface area contributed by atoms with Crippen molar-refractivity contribution in [2.75, 3.05) is 11.1 Å². The highest BCUT2D eigenvalue weighted by molar-refractivity contribution is 7.19. The summed E-state index contributed by atoms with van der Waals surface area (Å²) < 4.78 is 0. The van der Waals surface area contributed by atoms with E-state index < -0.39 is 0 Å². The Kier molecular flexibility index (Phi) is 3.66. The van der Waals surface area contributed by atoms with Crippen LogP contribution < -0.4 is 11.1 Å². The molecule has 1 aromatic heterocycles. The minimum Gasteiger partial charge on any atom is -0.375 e. The first-order valence-electron chi connectivity index (χ1n) is 6.42. The summed E-state index contributed by atoms with van der Waals surface area (Å²) in [5, 5.41) is 3.21. The van der Waals surface area contributed by atoms with E-state index in [-0.39, 0.29) is 5.91 Å². The van der Waals surface area contributed by atoms with Crippen molar-refractivity contribution in [1.82, 2.24) is 4.98 Å². The quantitative estimate of drug-likeness (QED) is 0.775. The van der Waals surface area contributed by atoms with Crippen LogP contribution in [0.3, 0.4) is 0 Å². The zero-order valence-electron chi connectivity index (χ0n) is 11.1. The first kappa shape index (κ1) is 13.3. The molecule has 1 amide bonds. The van der Waals surface area contributed by atoms with Gasteiger partial charge in [0.15, 0.2) is 5.13 Å². The highest BCUT2D eigenvalue weighted by Crippen LogP contribution is 2.32. The molecule has 0 fully saturated rings. The molecule has 0 saturated heterocycles. The van der Waals surface area contributed by atoms with Crippen LogP contribution in [0.5, 0.6) is 0 Å². The molecule has 0 aliphatic carbocycles. The SMILES string of the molecule is Nc1nc(C(=O)Nc2ccccc2)c(-c2ccccc2)s1. The summed E-state index contributed by atoms with van der Waals surface area (Å²) in [4.78, 5) is 17.3. The molecule has 0 aliphatic heterocycles. The number of hydrogen-bond donors (Lipinski definition) is 2. The van der Waals surface area contributed by atoms with E-state index in [2.05, 4.69) is 10.3 Å². The standard InChI is InChI=1S/C16H13N3OS/c17-16-19-13(14(21-16)11-7-3-1-4-8-11)15(20)18-12-9-5-2-6-10-12/h1-10H,(H2,17,19)(H,18,20). The molecule has 0 radical (unpaired) electrons. The van der Waals surface area contributed by atoms with Crippen LogP contribution in [0.1, 0.15) is 10.5 Å². The highest BCUT2D eigenvalue weighted by atomic mass is 32.1. The smallest absolute Gasteiger partial charge is 0.275 e. The molecule has 0 spiro atoms. The zero-order valence-corrected chi connectivity index (χ0v) is 11.9. The number of carbonyl (C=O) groups is 1. The number of para-hydroxylation sites is 1. The minimum absolute atomic E-state index is 0.256. The van der Waals surface area contributed by atoms with E-state index in [1.54, 1.807) is 0 Å². The predicted molar refractivity (Wildman–Crippen MR) is 86.4 cm³/mol. The van der Waals surface area contributed by atoms with Crippen molar-refractivity contribution in [3.05, 3.63) is 66.4 Å². The third-order valence-electron chi connectivity index (χ3n) is 2.93. The normalized spacial score (nSPS) is 10.3. The summed E-state index contributed by atoms with van der Waals surface area (Å²) in [7, 11) is 0. The number of aromatic nitrogens is 1. The Morgan fingerprint density at radius 3 is 2.29 bits per heavy atom. The molecule has 104 valence electrons. The van der Waals surface area contributed by atoms with Gasteiger partial charge >= 0.3 is 0 Å². The second-order valence-corrected chi connectivity index (χ2v) is 5.45. The summed E-state index contributed by atoms with van der Waals surface area (Å²) in [5.74, 6) is -0.256. The van der Waals surface area contributed by atoms with Crippen molar-refractivity contribution >= 4 is 28.1 Å². The van der Waals surface area contributed by atoms with Crippen LogP contribution in [-0.4, -0.2) is 10.9 Å². The third kappa shape index (κ3) is 2.93. The molecular weight excluding hydrogens is 282 g/mol. The Morgan fingerprint density at radius 1 is 1.00 bits per heavy atom. The van der Waals surface area contributed by atoms with E-state index in [9.17, 15) is 4.79 Å². The third-order valence-corrected chi connectivity index (χ3v) is 3.86. The van der Waals surface area contributed by atoms with Gasteiger partial charge in [-0.1, -0.05) is 59.9 Å². The van der Waals surface area contributed by atoms with Gasteiger partial charge in [-0.3, -0.25) is 4.79 Å². The van der Waals surface area contributed by atoms with Gasteiger partial charge < -0.3 is 11.1 Å². The van der Waals surface area contributed by atoms with Crippen LogP contribution in [0.25, 0.3) is 10.4 Å². The molecule has 0 bridgehead atoms. The van der Waals surface area contributed by atoms with E-state index in [4.69, 9.17) is 5.73 Å². The topological polar surface area (TPSA) is 68.0 Å². The van der Waals surface area contributed by atoms with Crippen molar-refractivity contribution in [1.29, 1.82) is 0 Å². The number of hydrogen-bond acceptors (Lipinski definition) is 4. The lowest BCUT2D eigenvalue weighted by atomic mass is 10.1. The first-order valence-corrected chi connectivity index (χ1v) is 7.24. The Bertz CT molecular complexity index is 754. The highest BCUT2D eigenvalue weighted by Gasteiger charge is 2.18. The molecule has 5 heteroatoms. The molecule has 3 N–H and O–H groups in total. The number of amides is 1. The van der Waals surface area contributed by atoms with Crippen LogP contribution in [0.4, 0.5) is 10.8 Å². The van der Waals surface area contributed by atoms with Gasteiger partial charge in [0.05, 0.1) is 4.88 Å². The molecule has 0 saturated carbocycles. The lowest BCUT2D eigenvalue weighted by Crippen LogP contribution is -2.13. The number of nitrogens with zero attached hydrogens (tertiary/aromatic N) is 1. The fourth-order valence-corrected chi connectivity index (χ4v) is 2.82. The van der Waals surface area contributed by atoms with Crippen LogP contribution >= 0.6 is 11.3 Å². The summed E-state index contributed by atoms with van der Waals surface area (Å²) >= 11 is 1.31. The number of nitrogen functional groups attached to an aromatic ring is 1. The predicted octanol–water partition coefficient (Wildman–Crippen LogP) is 3.64. The van der Waals surface area contributed by atoms with E-state index in [1.165, 1.54) is 11.3 Å². The zero-order chi connectivity index (χ0) is 14.7. The van der Waals surface area contributed by atoms with Gasteiger partial charge in [0, 0.05) is 5.69 Å². The van der Waals surface area contributed by atoms with Crippen molar-refractivity contribution in [3.63, 3.8) is 0 Å². The van der Waals surface area contributed by atoms with E-state index in [0.29, 0.717) is 10.8 Å². The fourth-order valence-electron chi connectivity index (χ4n) is 1.99. The van der Waals surface area contributed by atoms with E-state index in [1.807, 2.05) is 60.7 Å². The molecule has 21 heavy (non-hydrogen) atoms. The van der Waals surface area contributed by atoms with Crippen LogP contribution in [0.2, 0.25) is 0 Å². The maximum atomic E-state index is 12.4. The monoisotopic (exact) mass is 295 g/mol. The maximum Gasteiger partial charge on any atom is 0.275 e. The molecule has 3 rings (SSSR count). The van der Waals surface area contributed by atoms with E-state index >= 15 is 0 Å². The number of benzene rings is 2. The number of anilines is 2. The van der Waals surface area contributed by atoms with Crippen molar-refractivity contribution < 1.29 is 4.79 Å². The molecule has 0 unspecified atom stereocenters. The number of thiazole rings is 1. The van der Waals surface area contributed by atoms with Gasteiger partial charge in [-0.15, -0.1) is 0 Å². The van der Waals surface area contributed by atoms with Crippen molar-refractivity contribution in [2.45, 2.75) is 0 Å². The lowest BCUT2D eigenvalue weighted by molar-refractivity contribution is 0.102. The lowest BCUT2D eigenvalue weighted by Gasteiger charge is -2.05. The summed E-state index contributed by atoms with van der Waals surface area (Å²) in [6.45, 7) is 0. The van der Waals surface area contributed by atoms with Gasteiger partial charge in [0.2, 0.25) is 0 Å². The Morgan fingerprint density at radius 2 is 1.62 bits per heavy atom. The Labute approximate surface area is 126 Å². The van der Waals surface area contributed by atoms with E-state index in [0.717, 1.165) is 16.1 Å². The van der Waals surface area contributed by atoms with Gasteiger partial charge in [-0.25, -0.2) is 4.98 Å². The average molecular weight is 295 g/mol. The second kappa shape index (κ2) is 5.76. The van der Waals surface area contributed by atoms with Gasteiger partial charge in [-0.05, 0) is 17.7 Å². The fraction of sp³-hybridized carbons (Fsp3) is 0. The van der Waals surface area contributed by atoms with Gasteiger partial charge in [0.25, 0.3) is 5.91 Å². The van der Waals surface area contributed by atoms with Crippen LogP contribution in [-0.2, 0) is 0 Å². The van der Waals surface area contributed by atoms with Crippen molar-refractivity contribution in [3.8, 4) is 10.4 Å². The average Bonchev–Trinajstić information content (AvgIpc) is 2.91. The van der Waals surface area contributed by atoms with Gasteiger partial charge in [0.1, 0.15) is 5.69 Å². The number of carbonyl (C=O) groups excluding carboxylic acids is 1. The maximum absolute atomic E-state index is 12.4. The number of nitrogens with two attached hydrogens (primary N) is 1. The molecule has 0 atom stereocenters. The summed E-state index contributed by atoms with van der Waals surface area (Å²) in [6.07, 6.45) is 0. The minimum atomic E-state index is -0.256. The first-order chi connectivity index (χ1) is 10.2. The summed E-state index contributed by atoms with van der Waals surface area (Å²) in [5.41, 5.74) is 7.79. The molecule has 2 aromatic carbocycles. The van der Waals surface area contributed by atoms with Crippen LogP contribution in [0, 0.1) is 0 Å². The Hall–Kier alpha value is -2.66. The second-order valence-electron chi connectivity index (χ2n) is 4.42. The largest absolute Gasteiger partial charge is 0.375 e. The Balaban J connectivity index is 1.94. The molecule has 0 aliphatic rings. The molecule has 1 heterocycles. The number of nitrogens with one attached hydrogen (secondary N) is 1. The van der Waals surface area contributed by atoms with Crippen molar-refractivity contribution in [2.24, 2.45) is 0 Å².